The first-order valence-corrected chi connectivity index (χ1v) is 11.0. The highest BCUT2D eigenvalue weighted by Crippen LogP contribution is 2.52. The van der Waals surface area contributed by atoms with Crippen molar-refractivity contribution in [3.63, 3.8) is 0 Å². The largest absolute Gasteiger partial charge is 0.465 e. The molecule has 0 N–H and O–H groups in total. The molecule has 3 saturated heterocycles. The van der Waals surface area contributed by atoms with E-state index in [2.05, 4.69) is 4.90 Å². The second kappa shape index (κ2) is 7.88. The fourth-order valence-corrected chi connectivity index (χ4v) is 5.40. The van der Waals surface area contributed by atoms with Gasteiger partial charge in [-0.15, -0.1) is 0 Å². The number of likely N-dealkylation sites (tertiary alicyclic amines) is 1. The van der Waals surface area contributed by atoms with Crippen LogP contribution in [0.4, 0.5) is 10.1 Å². The number of rotatable bonds is 5. The summed E-state index contributed by atoms with van der Waals surface area (Å²) in [5.74, 6) is -2.26. The molecule has 170 valence electrons. The first-order valence-electron chi connectivity index (χ1n) is 11.0. The van der Waals surface area contributed by atoms with Crippen LogP contribution in [0.1, 0.15) is 6.92 Å². The average molecular weight is 443 g/mol. The second-order valence-electron chi connectivity index (χ2n) is 8.69. The quantitative estimate of drug-likeness (QED) is 0.495. The van der Waals surface area contributed by atoms with Gasteiger partial charge in [-0.3, -0.25) is 14.4 Å². The van der Waals surface area contributed by atoms with E-state index in [9.17, 15) is 18.8 Å². The van der Waals surface area contributed by atoms with E-state index in [1.807, 2.05) is 12.2 Å². The van der Waals surface area contributed by atoms with Gasteiger partial charge in [0.15, 0.2) is 0 Å². The molecule has 2 bridgehead atoms. The summed E-state index contributed by atoms with van der Waals surface area (Å²) in [5, 5.41) is 0. The Labute approximate surface area is 185 Å². The van der Waals surface area contributed by atoms with Crippen molar-refractivity contribution in [3.8, 4) is 0 Å². The minimum absolute atomic E-state index is 0.0867. The van der Waals surface area contributed by atoms with Crippen molar-refractivity contribution in [2.24, 2.45) is 11.8 Å². The molecule has 0 aliphatic carbocycles. The number of carbonyl (C=O) groups is 3. The normalized spacial score (nSPS) is 30.8. The van der Waals surface area contributed by atoms with Crippen molar-refractivity contribution < 1.29 is 28.2 Å². The molecule has 4 aliphatic rings. The molecule has 2 amide bonds. The number of anilines is 1. The van der Waals surface area contributed by atoms with E-state index in [-0.39, 0.29) is 37.3 Å². The third-order valence-electron chi connectivity index (χ3n) is 6.87. The number of hydrogen-bond acceptors (Lipinski definition) is 6. The Kier molecular flexibility index (Phi) is 5.16. The number of halogens is 1. The molecule has 0 aromatic heterocycles. The predicted octanol–water partition coefficient (Wildman–Crippen LogP) is 0.819. The van der Waals surface area contributed by atoms with E-state index in [4.69, 9.17) is 9.47 Å². The van der Waals surface area contributed by atoms with Crippen LogP contribution in [-0.4, -0.2) is 85.2 Å². The first kappa shape index (κ1) is 20.9. The molecule has 1 aromatic rings. The van der Waals surface area contributed by atoms with Gasteiger partial charge in [0.25, 0.3) is 0 Å². The van der Waals surface area contributed by atoms with Gasteiger partial charge in [0.1, 0.15) is 18.0 Å². The zero-order valence-electron chi connectivity index (χ0n) is 17.9. The Morgan fingerprint density at radius 1 is 1.19 bits per heavy atom. The topological polar surface area (TPSA) is 79.4 Å². The summed E-state index contributed by atoms with van der Waals surface area (Å²) in [6, 6.07) is 6.33. The lowest BCUT2D eigenvalue weighted by Gasteiger charge is -2.38. The number of nitrogens with zero attached hydrogens (tertiary/aromatic N) is 3. The van der Waals surface area contributed by atoms with Gasteiger partial charge in [0.05, 0.1) is 31.1 Å². The molecule has 4 atom stereocenters. The van der Waals surface area contributed by atoms with E-state index >= 15 is 0 Å². The van der Waals surface area contributed by atoms with Gasteiger partial charge in [0, 0.05) is 31.9 Å². The van der Waals surface area contributed by atoms with E-state index in [1.54, 1.807) is 24.0 Å². The van der Waals surface area contributed by atoms with Gasteiger partial charge in [-0.05, 0) is 31.2 Å². The van der Waals surface area contributed by atoms with Crippen LogP contribution in [0.3, 0.4) is 0 Å². The lowest BCUT2D eigenvalue weighted by molar-refractivity contribution is -0.149. The summed E-state index contributed by atoms with van der Waals surface area (Å²) in [4.78, 5) is 43.9. The summed E-state index contributed by atoms with van der Waals surface area (Å²) in [7, 11) is 0. The fraction of sp³-hybridized carbons (Fsp3) is 0.522. The molecule has 0 radical (unpaired) electrons. The van der Waals surface area contributed by atoms with Crippen LogP contribution in [0, 0.1) is 17.7 Å². The SMILES string of the molecule is CCOC(=O)CN1C[C@@]23C=C[C@@H](O2)[C@H](C(=O)N2CCN(c4ccc(F)cc4)CC2)[C@@H]3C1=O. The van der Waals surface area contributed by atoms with E-state index in [0.717, 1.165) is 5.69 Å². The highest BCUT2D eigenvalue weighted by molar-refractivity contribution is 5.94. The lowest BCUT2D eigenvalue weighted by Crippen LogP contribution is -2.53. The van der Waals surface area contributed by atoms with Gasteiger partial charge in [-0.25, -0.2) is 4.39 Å². The van der Waals surface area contributed by atoms with E-state index in [1.165, 1.54) is 17.0 Å². The average Bonchev–Trinajstić information content (AvgIpc) is 3.42. The molecule has 0 saturated carbocycles. The fourth-order valence-electron chi connectivity index (χ4n) is 5.40. The van der Waals surface area contributed by atoms with Gasteiger partial charge in [0.2, 0.25) is 11.8 Å². The van der Waals surface area contributed by atoms with Crippen LogP contribution in [-0.2, 0) is 23.9 Å². The molecular formula is C23H26FN3O5. The molecular weight excluding hydrogens is 417 g/mol. The Bertz CT molecular complexity index is 959. The van der Waals surface area contributed by atoms with Gasteiger partial charge in [-0.1, -0.05) is 12.2 Å². The number of esters is 1. The van der Waals surface area contributed by atoms with Crippen molar-refractivity contribution in [1.29, 1.82) is 0 Å². The number of amides is 2. The van der Waals surface area contributed by atoms with Crippen molar-refractivity contribution >= 4 is 23.5 Å². The zero-order chi connectivity index (χ0) is 22.5. The van der Waals surface area contributed by atoms with Crippen LogP contribution >= 0.6 is 0 Å². The summed E-state index contributed by atoms with van der Waals surface area (Å²) in [6.45, 7) is 4.38. The third kappa shape index (κ3) is 3.35. The molecule has 8 nitrogen and oxygen atoms in total. The number of piperazine rings is 1. The summed E-state index contributed by atoms with van der Waals surface area (Å²) in [5.41, 5.74) is 0.0778. The Hall–Kier alpha value is -2.94. The Morgan fingerprint density at radius 2 is 1.91 bits per heavy atom. The molecule has 32 heavy (non-hydrogen) atoms. The molecule has 9 heteroatoms. The molecule has 1 aromatic carbocycles. The van der Waals surface area contributed by atoms with Crippen molar-refractivity contribution in [1.82, 2.24) is 9.80 Å². The van der Waals surface area contributed by atoms with Crippen LogP contribution in [0.5, 0.6) is 0 Å². The van der Waals surface area contributed by atoms with E-state index in [0.29, 0.717) is 26.2 Å². The minimum Gasteiger partial charge on any atom is -0.465 e. The maximum atomic E-state index is 13.5. The van der Waals surface area contributed by atoms with Crippen molar-refractivity contribution in [2.75, 3.05) is 50.8 Å². The smallest absolute Gasteiger partial charge is 0.325 e. The first-order chi connectivity index (χ1) is 15.4. The number of fused-ring (bicyclic) bond motifs is 1. The van der Waals surface area contributed by atoms with Crippen molar-refractivity contribution in [3.05, 3.63) is 42.2 Å². The minimum atomic E-state index is -0.843. The van der Waals surface area contributed by atoms with Crippen molar-refractivity contribution in [2.45, 2.75) is 18.6 Å². The second-order valence-corrected chi connectivity index (χ2v) is 8.69. The summed E-state index contributed by atoms with van der Waals surface area (Å²) >= 11 is 0. The molecule has 1 spiro atoms. The van der Waals surface area contributed by atoms with Gasteiger partial charge >= 0.3 is 5.97 Å². The molecule has 5 rings (SSSR count). The predicted molar refractivity (Wildman–Crippen MR) is 112 cm³/mol. The van der Waals surface area contributed by atoms with Crippen LogP contribution in [0.15, 0.2) is 36.4 Å². The number of benzene rings is 1. The highest BCUT2D eigenvalue weighted by Gasteiger charge is 2.67. The molecule has 0 unspecified atom stereocenters. The van der Waals surface area contributed by atoms with Crippen LogP contribution in [0.2, 0.25) is 0 Å². The number of carbonyl (C=O) groups excluding carboxylic acids is 3. The maximum absolute atomic E-state index is 13.5. The number of hydrogen-bond donors (Lipinski definition) is 0. The summed E-state index contributed by atoms with van der Waals surface area (Å²) < 4.78 is 24.3. The summed E-state index contributed by atoms with van der Waals surface area (Å²) in [6.07, 6.45) is 3.33. The Morgan fingerprint density at radius 3 is 2.59 bits per heavy atom. The Balaban J connectivity index is 1.27. The standard InChI is InChI=1S/C23H26FN3O5/c1-2-31-18(28)13-27-14-23-8-7-17(32-23)19(20(23)22(27)30)21(29)26-11-9-25(10-12-26)16-5-3-15(24)4-6-16/h3-8,17,19-20H,2,9-14H2,1H3/t17-,19+,20-,23-/m1/s1. The molecule has 3 fully saturated rings. The zero-order valence-corrected chi connectivity index (χ0v) is 17.9. The van der Waals surface area contributed by atoms with Crippen LogP contribution < -0.4 is 4.90 Å². The molecule has 4 heterocycles. The van der Waals surface area contributed by atoms with Gasteiger partial charge in [-0.2, -0.15) is 0 Å². The van der Waals surface area contributed by atoms with Crippen LogP contribution in [0.25, 0.3) is 0 Å². The van der Waals surface area contributed by atoms with Gasteiger partial charge < -0.3 is 24.2 Å². The maximum Gasteiger partial charge on any atom is 0.325 e. The van der Waals surface area contributed by atoms with E-state index < -0.39 is 29.5 Å². The lowest BCUT2D eigenvalue weighted by atomic mass is 9.76. The number of ether oxygens (including phenoxy) is 2. The highest BCUT2D eigenvalue weighted by atomic mass is 19.1. The third-order valence-corrected chi connectivity index (χ3v) is 6.87. The molecule has 4 aliphatic heterocycles. The monoisotopic (exact) mass is 443 g/mol.